The van der Waals surface area contributed by atoms with Gasteiger partial charge in [0.2, 0.25) is 5.91 Å². The molecule has 0 atom stereocenters. The maximum atomic E-state index is 12.3. The Hall–Kier alpha value is -1.20. The van der Waals surface area contributed by atoms with Crippen molar-refractivity contribution < 1.29 is 9.59 Å². The van der Waals surface area contributed by atoms with Gasteiger partial charge in [-0.05, 0) is 36.8 Å². The normalized spacial score (nSPS) is 14.2. The molecular weight excluding hydrogens is 320 g/mol. The van der Waals surface area contributed by atoms with Gasteiger partial charge in [-0.2, -0.15) is 0 Å². The second-order valence-corrected chi connectivity index (χ2v) is 6.91. The molecule has 2 amide bonds. The van der Waals surface area contributed by atoms with E-state index >= 15 is 0 Å². The van der Waals surface area contributed by atoms with Crippen LogP contribution in [0.15, 0.2) is 23.1 Å². The zero-order valence-electron chi connectivity index (χ0n) is 12.7. The quantitative estimate of drug-likeness (QED) is 0.809. The Labute approximate surface area is 140 Å². The van der Waals surface area contributed by atoms with Gasteiger partial charge in [0.25, 0.3) is 5.91 Å². The summed E-state index contributed by atoms with van der Waals surface area (Å²) in [6.45, 7) is 4.09. The van der Waals surface area contributed by atoms with E-state index in [1.54, 1.807) is 30.0 Å². The Morgan fingerprint density at radius 3 is 2.73 bits per heavy atom. The van der Waals surface area contributed by atoms with Crippen molar-refractivity contribution in [3.63, 3.8) is 0 Å². The Kier molecular flexibility index (Phi) is 6.58. The standard InChI is InChI=1S/C16H21ClN2O2S/c1-2-22-14-11-12(17)5-6-13(14)16(21)18-8-7-15(20)19-9-3-4-10-19/h5-6,11H,2-4,7-10H2,1H3,(H,18,21). The van der Waals surface area contributed by atoms with E-state index in [1.165, 1.54) is 0 Å². The molecule has 1 aliphatic rings. The van der Waals surface area contributed by atoms with Crippen molar-refractivity contribution in [2.24, 2.45) is 0 Å². The molecule has 1 heterocycles. The first-order valence-electron chi connectivity index (χ1n) is 7.60. The molecule has 2 rings (SSSR count). The first kappa shape index (κ1) is 17.2. The van der Waals surface area contributed by atoms with Crippen LogP contribution in [0.1, 0.15) is 36.5 Å². The monoisotopic (exact) mass is 340 g/mol. The van der Waals surface area contributed by atoms with E-state index in [9.17, 15) is 9.59 Å². The smallest absolute Gasteiger partial charge is 0.252 e. The number of carbonyl (C=O) groups excluding carboxylic acids is 2. The highest BCUT2D eigenvalue weighted by Crippen LogP contribution is 2.26. The van der Waals surface area contributed by atoms with Crippen molar-refractivity contribution in [2.45, 2.75) is 31.1 Å². The summed E-state index contributed by atoms with van der Waals surface area (Å²) in [5.74, 6) is 0.840. The second kappa shape index (κ2) is 8.44. The molecule has 1 N–H and O–H groups in total. The van der Waals surface area contributed by atoms with E-state index in [1.807, 2.05) is 11.8 Å². The van der Waals surface area contributed by atoms with E-state index in [4.69, 9.17) is 11.6 Å². The van der Waals surface area contributed by atoms with Crippen LogP contribution in [0.3, 0.4) is 0 Å². The third kappa shape index (κ3) is 4.65. The lowest BCUT2D eigenvalue weighted by Crippen LogP contribution is -2.32. The fourth-order valence-electron chi connectivity index (χ4n) is 2.46. The molecule has 0 saturated carbocycles. The Morgan fingerprint density at radius 2 is 2.05 bits per heavy atom. The highest BCUT2D eigenvalue weighted by molar-refractivity contribution is 7.99. The van der Waals surface area contributed by atoms with Gasteiger partial charge in [-0.3, -0.25) is 9.59 Å². The van der Waals surface area contributed by atoms with E-state index in [0.29, 0.717) is 23.6 Å². The summed E-state index contributed by atoms with van der Waals surface area (Å²) < 4.78 is 0. The molecule has 0 radical (unpaired) electrons. The molecule has 1 saturated heterocycles. The van der Waals surface area contributed by atoms with Crippen LogP contribution in [0.5, 0.6) is 0 Å². The number of benzene rings is 1. The van der Waals surface area contributed by atoms with Gasteiger partial charge in [-0.25, -0.2) is 0 Å². The number of nitrogens with zero attached hydrogens (tertiary/aromatic N) is 1. The van der Waals surface area contributed by atoms with Crippen LogP contribution in [0.25, 0.3) is 0 Å². The van der Waals surface area contributed by atoms with Crippen molar-refractivity contribution in [1.29, 1.82) is 0 Å². The van der Waals surface area contributed by atoms with Gasteiger partial charge in [-0.15, -0.1) is 11.8 Å². The van der Waals surface area contributed by atoms with Gasteiger partial charge in [-0.1, -0.05) is 18.5 Å². The van der Waals surface area contributed by atoms with E-state index in [0.717, 1.165) is 36.6 Å². The van der Waals surface area contributed by atoms with Crippen molar-refractivity contribution >= 4 is 35.2 Å². The van der Waals surface area contributed by atoms with Crippen LogP contribution >= 0.6 is 23.4 Å². The summed E-state index contributed by atoms with van der Waals surface area (Å²) >= 11 is 7.56. The molecular formula is C16H21ClN2O2S. The molecule has 0 unspecified atom stereocenters. The predicted molar refractivity (Wildman–Crippen MR) is 90.6 cm³/mol. The molecule has 1 aliphatic heterocycles. The highest BCUT2D eigenvalue weighted by atomic mass is 35.5. The number of likely N-dealkylation sites (tertiary alicyclic amines) is 1. The minimum atomic E-state index is -0.151. The van der Waals surface area contributed by atoms with Crippen LogP contribution in [-0.4, -0.2) is 42.1 Å². The first-order chi connectivity index (χ1) is 10.6. The molecule has 0 aromatic heterocycles. The maximum Gasteiger partial charge on any atom is 0.252 e. The Balaban J connectivity index is 1.87. The fourth-order valence-corrected chi connectivity index (χ4v) is 3.54. The Morgan fingerprint density at radius 1 is 1.32 bits per heavy atom. The number of rotatable bonds is 6. The molecule has 0 spiro atoms. The van der Waals surface area contributed by atoms with Gasteiger partial charge in [0.05, 0.1) is 5.56 Å². The maximum absolute atomic E-state index is 12.3. The number of halogens is 1. The fraction of sp³-hybridized carbons (Fsp3) is 0.500. The van der Waals surface area contributed by atoms with Crippen molar-refractivity contribution in [2.75, 3.05) is 25.4 Å². The largest absolute Gasteiger partial charge is 0.351 e. The minimum Gasteiger partial charge on any atom is -0.351 e. The topological polar surface area (TPSA) is 49.4 Å². The van der Waals surface area contributed by atoms with Gasteiger partial charge >= 0.3 is 0 Å². The van der Waals surface area contributed by atoms with Crippen LogP contribution in [0.4, 0.5) is 0 Å². The van der Waals surface area contributed by atoms with Gasteiger partial charge < -0.3 is 10.2 Å². The van der Waals surface area contributed by atoms with Crippen LogP contribution in [0, 0.1) is 0 Å². The molecule has 1 aromatic rings. The SMILES string of the molecule is CCSc1cc(Cl)ccc1C(=O)NCCC(=O)N1CCCC1. The molecule has 4 nitrogen and oxygen atoms in total. The number of thioether (sulfide) groups is 1. The number of hydrogen-bond donors (Lipinski definition) is 1. The van der Waals surface area contributed by atoms with E-state index in [-0.39, 0.29) is 11.8 Å². The molecule has 22 heavy (non-hydrogen) atoms. The number of carbonyl (C=O) groups is 2. The molecule has 0 aliphatic carbocycles. The number of nitrogens with one attached hydrogen (secondary N) is 1. The zero-order valence-corrected chi connectivity index (χ0v) is 14.3. The summed E-state index contributed by atoms with van der Waals surface area (Å²) in [4.78, 5) is 26.9. The Bertz CT molecular complexity index is 545. The lowest BCUT2D eigenvalue weighted by atomic mass is 10.2. The van der Waals surface area contributed by atoms with Crippen molar-refractivity contribution in [3.05, 3.63) is 28.8 Å². The zero-order chi connectivity index (χ0) is 15.9. The number of hydrogen-bond acceptors (Lipinski definition) is 3. The summed E-state index contributed by atoms with van der Waals surface area (Å²) in [6.07, 6.45) is 2.52. The van der Waals surface area contributed by atoms with E-state index < -0.39 is 0 Å². The van der Waals surface area contributed by atoms with Crippen molar-refractivity contribution in [3.8, 4) is 0 Å². The van der Waals surface area contributed by atoms with Crippen molar-refractivity contribution in [1.82, 2.24) is 10.2 Å². The van der Waals surface area contributed by atoms with Gasteiger partial charge in [0.1, 0.15) is 0 Å². The summed E-state index contributed by atoms with van der Waals surface area (Å²) in [5.41, 5.74) is 0.616. The average Bonchev–Trinajstić information content (AvgIpc) is 3.01. The molecule has 6 heteroatoms. The van der Waals surface area contributed by atoms with Gasteiger partial charge in [0.15, 0.2) is 0 Å². The lowest BCUT2D eigenvalue weighted by molar-refractivity contribution is -0.129. The van der Waals surface area contributed by atoms with E-state index in [2.05, 4.69) is 5.32 Å². The first-order valence-corrected chi connectivity index (χ1v) is 8.96. The average molecular weight is 341 g/mol. The summed E-state index contributed by atoms with van der Waals surface area (Å²) in [6, 6.07) is 5.25. The van der Waals surface area contributed by atoms with Gasteiger partial charge in [0, 0.05) is 36.0 Å². The molecule has 1 fully saturated rings. The second-order valence-electron chi connectivity index (χ2n) is 5.17. The molecule has 1 aromatic carbocycles. The summed E-state index contributed by atoms with van der Waals surface area (Å²) in [5, 5.41) is 3.45. The summed E-state index contributed by atoms with van der Waals surface area (Å²) in [7, 11) is 0. The molecule has 0 bridgehead atoms. The highest BCUT2D eigenvalue weighted by Gasteiger charge is 2.18. The van der Waals surface area contributed by atoms with Crippen LogP contribution in [-0.2, 0) is 4.79 Å². The molecule has 120 valence electrons. The minimum absolute atomic E-state index is 0.122. The predicted octanol–water partition coefficient (Wildman–Crippen LogP) is 3.19. The van der Waals surface area contributed by atoms with Crippen LogP contribution in [0.2, 0.25) is 5.02 Å². The third-order valence-electron chi connectivity index (χ3n) is 3.57. The lowest BCUT2D eigenvalue weighted by Gasteiger charge is -2.15. The van der Waals surface area contributed by atoms with Crippen LogP contribution < -0.4 is 5.32 Å². The third-order valence-corrected chi connectivity index (χ3v) is 4.74. The number of amides is 2.